The average molecular weight is 228 g/mol. The highest BCUT2D eigenvalue weighted by molar-refractivity contribution is 5.26. The molecule has 1 atom stereocenters. The summed E-state index contributed by atoms with van der Waals surface area (Å²) in [5.41, 5.74) is 4.04. The number of hydrogen-bond acceptors (Lipinski definition) is 1. The van der Waals surface area contributed by atoms with Crippen LogP contribution in [0.15, 0.2) is 42.6 Å². The van der Waals surface area contributed by atoms with Crippen LogP contribution in [0.25, 0.3) is 0 Å². The van der Waals surface area contributed by atoms with Gasteiger partial charge >= 0.3 is 0 Å². The van der Waals surface area contributed by atoms with Gasteiger partial charge in [0.25, 0.3) is 0 Å². The monoisotopic (exact) mass is 228 g/mol. The summed E-state index contributed by atoms with van der Waals surface area (Å²) in [6.45, 7) is 5.31. The van der Waals surface area contributed by atoms with Gasteiger partial charge in [0.1, 0.15) is 0 Å². The van der Waals surface area contributed by atoms with Crippen LogP contribution in [0.2, 0.25) is 0 Å². The van der Waals surface area contributed by atoms with Crippen LogP contribution in [0.5, 0.6) is 0 Å². The third-order valence-electron chi connectivity index (χ3n) is 3.09. The van der Waals surface area contributed by atoms with Crippen molar-refractivity contribution in [1.29, 1.82) is 0 Å². The fourth-order valence-electron chi connectivity index (χ4n) is 2.00. The molecule has 1 unspecified atom stereocenters. The van der Waals surface area contributed by atoms with E-state index in [1.165, 1.54) is 16.8 Å². The molecule has 2 nitrogen and oxygen atoms in total. The topological polar surface area (TPSA) is 27.8 Å². The number of H-pyrrole nitrogens is 1. The molecule has 90 valence electrons. The van der Waals surface area contributed by atoms with Crippen molar-refractivity contribution in [3.8, 4) is 0 Å². The van der Waals surface area contributed by atoms with E-state index in [-0.39, 0.29) is 0 Å². The van der Waals surface area contributed by atoms with E-state index in [0.29, 0.717) is 6.04 Å². The second-order valence-corrected chi connectivity index (χ2v) is 4.61. The molecule has 0 radical (unpaired) electrons. The second-order valence-electron chi connectivity index (χ2n) is 4.61. The Morgan fingerprint density at radius 1 is 1.18 bits per heavy atom. The van der Waals surface area contributed by atoms with Crippen LogP contribution in [0.4, 0.5) is 0 Å². The van der Waals surface area contributed by atoms with Crippen LogP contribution in [0, 0.1) is 6.92 Å². The Morgan fingerprint density at radius 2 is 2.00 bits per heavy atom. The number of aromatic amines is 1. The van der Waals surface area contributed by atoms with Crippen molar-refractivity contribution in [3.05, 3.63) is 59.4 Å². The molecule has 0 aliphatic heterocycles. The summed E-state index contributed by atoms with van der Waals surface area (Å²) in [6, 6.07) is 13.2. The molecule has 0 aliphatic rings. The number of nitrogens with one attached hydrogen (secondary N) is 2. The predicted octanol–water partition coefficient (Wildman–Crippen LogP) is 3.04. The standard InChI is InChI=1S/C15H20N2/c1-12-6-3-4-7-14(12)10-13(2)17-11-15-8-5-9-16-15/h3-9,13,16-17H,10-11H2,1-2H3. The van der Waals surface area contributed by atoms with Gasteiger partial charge in [-0.25, -0.2) is 0 Å². The molecule has 2 N–H and O–H groups in total. The minimum Gasteiger partial charge on any atom is -0.364 e. The quantitative estimate of drug-likeness (QED) is 0.809. The smallest absolute Gasteiger partial charge is 0.0359 e. The first kappa shape index (κ1) is 11.9. The van der Waals surface area contributed by atoms with Gasteiger partial charge in [-0.05, 0) is 43.5 Å². The maximum absolute atomic E-state index is 3.53. The first-order valence-corrected chi connectivity index (χ1v) is 6.16. The second kappa shape index (κ2) is 5.69. The van der Waals surface area contributed by atoms with Gasteiger partial charge < -0.3 is 10.3 Å². The molecule has 0 spiro atoms. The molecule has 2 rings (SSSR count). The van der Waals surface area contributed by atoms with Gasteiger partial charge in [0.05, 0.1) is 0 Å². The molecule has 0 bridgehead atoms. The molecule has 1 aromatic carbocycles. The maximum atomic E-state index is 3.53. The lowest BCUT2D eigenvalue weighted by atomic mass is 10.0. The zero-order valence-corrected chi connectivity index (χ0v) is 10.5. The number of rotatable bonds is 5. The van der Waals surface area contributed by atoms with E-state index in [9.17, 15) is 0 Å². The van der Waals surface area contributed by atoms with E-state index in [4.69, 9.17) is 0 Å². The van der Waals surface area contributed by atoms with Crippen molar-refractivity contribution in [2.75, 3.05) is 0 Å². The SMILES string of the molecule is Cc1ccccc1CC(C)NCc1ccc[nH]1. The fraction of sp³-hybridized carbons (Fsp3) is 0.333. The lowest BCUT2D eigenvalue weighted by Crippen LogP contribution is -2.27. The molecule has 0 fully saturated rings. The van der Waals surface area contributed by atoms with Crippen molar-refractivity contribution in [3.63, 3.8) is 0 Å². The van der Waals surface area contributed by atoms with Crippen molar-refractivity contribution < 1.29 is 0 Å². The van der Waals surface area contributed by atoms with Crippen LogP contribution >= 0.6 is 0 Å². The van der Waals surface area contributed by atoms with Gasteiger partial charge in [0.2, 0.25) is 0 Å². The highest BCUT2D eigenvalue weighted by Gasteiger charge is 2.05. The number of benzene rings is 1. The van der Waals surface area contributed by atoms with E-state index in [1.54, 1.807) is 0 Å². The molecule has 17 heavy (non-hydrogen) atoms. The fourth-order valence-corrected chi connectivity index (χ4v) is 2.00. The van der Waals surface area contributed by atoms with E-state index in [1.807, 2.05) is 12.3 Å². The Hall–Kier alpha value is -1.54. The zero-order valence-electron chi connectivity index (χ0n) is 10.5. The molecule has 1 aromatic heterocycles. The summed E-state index contributed by atoms with van der Waals surface area (Å²) in [5, 5.41) is 3.53. The first-order valence-electron chi connectivity index (χ1n) is 6.16. The van der Waals surface area contributed by atoms with E-state index < -0.39 is 0 Å². The van der Waals surface area contributed by atoms with Crippen molar-refractivity contribution in [1.82, 2.24) is 10.3 Å². The van der Waals surface area contributed by atoms with Crippen LogP contribution < -0.4 is 5.32 Å². The Bertz CT molecular complexity index is 446. The molecule has 0 aliphatic carbocycles. The summed E-state index contributed by atoms with van der Waals surface area (Å²) in [4.78, 5) is 3.21. The maximum Gasteiger partial charge on any atom is 0.0359 e. The summed E-state index contributed by atoms with van der Waals surface area (Å²) in [6.07, 6.45) is 3.04. The minimum absolute atomic E-state index is 0.486. The van der Waals surface area contributed by atoms with Crippen LogP contribution in [0.3, 0.4) is 0 Å². The zero-order chi connectivity index (χ0) is 12.1. The van der Waals surface area contributed by atoms with E-state index in [2.05, 4.69) is 54.5 Å². The summed E-state index contributed by atoms with van der Waals surface area (Å²) >= 11 is 0. The molecule has 1 heterocycles. The highest BCUT2D eigenvalue weighted by atomic mass is 14.9. The van der Waals surface area contributed by atoms with Gasteiger partial charge in [-0.3, -0.25) is 0 Å². The Labute approximate surface area is 103 Å². The number of hydrogen-bond donors (Lipinski definition) is 2. The van der Waals surface area contributed by atoms with Crippen molar-refractivity contribution >= 4 is 0 Å². The highest BCUT2D eigenvalue weighted by Crippen LogP contribution is 2.09. The Morgan fingerprint density at radius 3 is 2.71 bits per heavy atom. The van der Waals surface area contributed by atoms with Gasteiger partial charge in [-0.2, -0.15) is 0 Å². The normalized spacial score (nSPS) is 12.6. The molecular weight excluding hydrogens is 208 g/mol. The minimum atomic E-state index is 0.486. The van der Waals surface area contributed by atoms with Gasteiger partial charge in [-0.15, -0.1) is 0 Å². The average Bonchev–Trinajstić information content (AvgIpc) is 2.82. The summed E-state index contributed by atoms with van der Waals surface area (Å²) in [7, 11) is 0. The number of aromatic nitrogens is 1. The van der Waals surface area contributed by atoms with Gasteiger partial charge in [0, 0.05) is 24.5 Å². The van der Waals surface area contributed by atoms with Crippen LogP contribution in [0.1, 0.15) is 23.7 Å². The summed E-state index contributed by atoms with van der Waals surface area (Å²) in [5.74, 6) is 0. The molecule has 2 heteroatoms. The van der Waals surface area contributed by atoms with Gasteiger partial charge in [0.15, 0.2) is 0 Å². The largest absolute Gasteiger partial charge is 0.364 e. The molecule has 0 saturated heterocycles. The molecule has 0 saturated carbocycles. The van der Waals surface area contributed by atoms with Crippen molar-refractivity contribution in [2.45, 2.75) is 32.9 Å². The van der Waals surface area contributed by atoms with Crippen LogP contribution in [-0.2, 0) is 13.0 Å². The summed E-state index contributed by atoms with van der Waals surface area (Å²) < 4.78 is 0. The third-order valence-corrected chi connectivity index (χ3v) is 3.09. The lowest BCUT2D eigenvalue weighted by molar-refractivity contribution is 0.540. The number of aryl methyl sites for hydroxylation is 1. The molecule has 2 aromatic rings. The first-order chi connectivity index (χ1) is 8.25. The van der Waals surface area contributed by atoms with Gasteiger partial charge in [-0.1, -0.05) is 24.3 Å². The van der Waals surface area contributed by atoms with Crippen molar-refractivity contribution in [2.24, 2.45) is 0 Å². The predicted molar refractivity (Wildman–Crippen MR) is 72.0 cm³/mol. The molecular formula is C15H20N2. The van der Waals surface area contributed by atoms with E-state index >= 15 is 0 Å². The third kappa shape index (κ3) is 3.46. The van der Waals surface area contributed by atoms with Crippen LogP contribution in [-0.4, -0.2) is 11.0 Å². The Kier molecular flexibility index (Phi) is 3.99. The van der Waals surface area contributed by atoms with E-state index in [0.717, 1.165) is 13.0 Å². The molecule has 0 amide bonds. The Balaban J connectivity index is 1.85. The lowest BCUT2D eigenvalue weighted by Gasteiger charge is -2.14.